The van der Waals surface area contributed by atoms with Gasteiger partial charge in [0.05, 0.1) is 0 Å². The molecular formula is C12H21NO. The van der Waals surface area contributed by atoms with Crippen LogP contribution in [0.4, 0.5) is 0 Å². The van der Waals surface area contributed by atoms with E-state index in [4.69, 9.17) is 0 Å². The first-order valence-electron chi connectivity index (χ1n) is 5.26. The van der Waals surface area contributed by atoms with Crippen molar-refractivity contribution in [3.8, 4) is 11.8 Å². The predicted molar refractivity (Wildman–Crippen MR) is 58.9 cm³/mol. The molecule has 0 spiro atoms. The molecule has 0 aromatic carbocycles. The fourth-order valence-corrected chi connectivity index (χ4v) is 1.42. The number of piperidine rings is 1. The van der Waals surface area contributed by atoms with Crippen molar-refractivity contribution in [3.63, 3.8) is 0 Å². The first-order chi connectivity index (χ1) is 6.31. The number of rotatable bonds is 0. The lowest BCUT2D eigenvalue weighted by Gasteiger charge is -2.32. The summed E-state index contributed by atoms with van der Waals surface area (Å²) in [6.07, 6.45) is 1.54. The summed E-state index contributed by atoms with van der Waals surface area (Å²) in [6, 6.07) is 0. The van der Waals surface area contributed by atoms with Crippen molar-refractivity contribution in [2.24, 2.45) is 5.41 Å². The van der Waals surface area contributed by atoms with E-state index >= 15 is 0 Å². The maximum absolute atomic E-state index is 10.2. The zero-order valence-electron chi connectivity index (χ0n) is 9.72. The third-order valence-electron chi connectivity index (χ3n) is 2.48. The van der Waals surface area contributed by atoms with Gasteiger partial charge in [-0.1, -0.05) is 11.8 Å². The van der Waals surface area contributed by atoms with Gasteiger partial charge in [-0.2, -0.15) is 0 Å². The Morgan fingerprint density at radius 3 is 2.14 bits per heavy atom. The van der Waals surface area contributed by atoms with E-state index in [1.54, 1.807) is 0 Å². The summed E-state index contributed by atoms with van der Waals surface area (Å²) in [5, 5.41) is 10.2. The Morgan fingerprint density at radius 2 is 1.71 bits per heavy atom. The van der Waals surface area contributed by atoms with Gasteiger partial charge in [-0.3, -0.25) is 0 Å². The molecule has 0 aliphatic carbocycles. The summed E-state index contributed by atoms with van der Waals surface area (Å²) in [6.45, 7) is 8.08. The average Bonchev–Trinajstić information content (AvgIpc) is 2.07. The maximum Gasteiger partial charge on any atom is 0.127 e. The smallest absolute Gasteiger partial charge is 0.127 e. The van der Waals surface area contributed by atoms with Gasteiger partial charge in [-0.05, 0) is 27.8 Å². The van der Waals surface area contributed by atoms with Gasteiger partial charge >= 0.3 is 0 Å². The van der Waals surface area contributed by atoms with Crippen LogP contribution in [0.3, 0.4) is 0 Å². The van der Waals surface area contributed by atoms with Crippen LogP contribution in [-0.2, 0) is 0 Å². The summed E-state index contributed by atoms with van der Waals surface area (Å²) in [5.74, 6) is 6.17. The fourth-order valence-electron chi connectivity index (χ4n) is 1.42. The molecule has 0 unspecified atom stereocenters. The Bertz CT molecular complexity index is 246. The van der Waals surface area contributed by atoms with E-state index in [9.17, 15) is 5.11 Å². The molecule has 14 heavy (non-hydrogen) atoms. The van der Waals surface area contributed by atoms with E-state index in [0.29, 0.717) is 0 Å². The Kier molecular flexibility index (Phi) is 3.24. The van der Waals surface area contributed by atoms with Crippen molar-refractivity contribution in [2.45, 2.75) is 39.2 Å². The normalized spacial score (nSPS) is 22.6. The third kappa shape index (κ3) is 3.69. The highest BCUT2D eigenvalue weighted by Crippen LogP contribution is 2.21. The lowest BCUT2D eigenvalue weighted by molar-refractivity contribution is 0.0347. The zero-order valence-corrected chi connectivity index (χ0v) is 9.72. The second-order valence-electron chi connectivity index (χ2n) is 5.33. The van der Waals surface area contributed by atoms with Crippen LogP contribution in [0.25, 0.3) is 0 Å². The Balaban J connectivity index is 2.62. The lowest BCUT2D eigenvalue weighted by atomic mass is 9.89. The summed E-state index contributed by atoms with van der Waals surface area (Å²) in [7, 11) is 2.08. The van der Waals surface area contributed by atoms with E-state index in [2.05, 4.69) is 44.6 Å². The number of aliphatic hydroxyl groups is 1. The molecule has 1 aliphatic rings. The van der Waals surface area contributed by atoms with Crippen LogP contribution < -0.4 is 0 Å². The molecule has 1 N–H and O–H groups in total. The van der Waals surface area contributed by atoms with Crippen LogP contribution >= 0.6 is 0 Å². The molecule has 2 heteroatoms. The average molecular weight is 195 g/mol. The number of hydrogen-bond acceptors (Lipinski definition) is 2. The number of likely N-dealkylation sites (tertiary alicyclic amines) is 1. The molecule has 1 rings (SSSR count). The van der Waals surface area contributed by atoms with E-state index in [1.165, 1.54) is 0 Å². The second-order valence-corrected chi connectivity index (χ2v) is 5.33. The highest BCUT2D eigenvalue weighted by Gasteiger charge is 2.29. The van der Waals surface area contributed by atoms with Crippen molar-refractivity contribution in [1.82, 2.24) is 4.90 Å². The van der Waals surface area contributed by atoms with Gasteiger partial charge < -0.3 is 10.0 Å². The molecular weight excluding hydrogens is 174 g/mol. The third-order valence-corrected chi connectivity index (χ3v) is 2.48. The topological polar surface area (TPSA) is 23.5 Å². The van der Waals surface area contributed by atoms with E-state index in [0.717, 1.165) is 25.9 Å². The molecule has 0 saturated carbocycles. The first-order valence-corrected chi connectivity index (χ1v) is 5.26. The summed E-state index contributed by atoms with van der Waals surface area (Å²) in [5.41, 5.74) is -0.751. The van der Waals surface area contributed by atoms with Gasteiger partial charge in [-0.15, -0.1) is 0 Å². The minimum absolute atomic E-state index is 0.0148. The largest absolute Gasteiger partial charge is 0.378 e. The monoisotopic (exact) mass is 195 g/mol. The minimum atomic E-state index is -0.736. The predicted octanol–water partition coefficient (Wildman–Crippen LogP) is 1.49. The minimum Gasteiger partial charge on any atom is -0.378 e. The van der Waals surface area contributed by atoms with Gasteiger partial charge in [0, 0.05) is 31.3 Å². The van der Waals surface area contributed by atoms with Crippen molar-refractivity contribution in [1.29, 1.82) is 0 Å². The molecule has 1 aliphatic heterocycles. The maximum atomic E-state index is 10.2. The van der Waals surface area contributed by atoms with Gasteiger partial charge in [0.2, 0.25) is 0 Å². The van der Waals surface area contributed by atoms with Crippen LogP contribution in [0.5, 0.6) is 0 Å². The van der Waals surface area contributed by atoms with Crippen LogP contribution in [0.15, 0.2) is 0 Å². The summed E-state index contributed by atoms with van der Waals surface area (Å²) in [4.78, 5) is 2.23. The van der Waals surface area contributed by atoms with Crippen LogP contribution in [0.1, 0.15) is 33.6 Å². The molecule has 1 heterocycles. The first kappa shape index (κ1) is 11.6. The molecule has 0 bridgehead atoms. The quantitative estimate of drug-likeness (QED) is 0.592. The van der Waals surface area contributed by atoms with Crippen molar-refractivity contribution in [3.05, 3.63) is 0 Å². The molecule has 1 fully saturated rings. The highest BCUT2D eigenvalue weighted by atomic mass is 16.3. The number of nitrogens with zero attached hydrogens (tertiary/aromatic N) is 1. The van der Waals surface area contributed by atoms with E-state index in [1.807, 2.05) is 0 Å². The van der Waals surface area contributed by atoms with E-state index in [-0.39, 0.29) is 5.41 Å². The standard InChI is InChI=1S/C12H21NO/c1-11(2,3)5-6-12(14)7-9-13(4)10-8-12/h14H,7-10H2,1-4H3. The van der Waals surface area contributed by atoms with Crippen molar-refractivity contribution in [2.75, 3.05) is 20.1 Å². The van der Waals surface area contributed by atoms with E-state index < -0.39 is 5.60 Å². The summed E-state index contributed by atoms with van der Waals surface area (Å²) >= 11 is 0. The van der Waals surface area contributed by atoms with Crippen molar-refractivity contribution >= 4 is 0 Å². The van der Waals surface area contributed by atoms with Gasteiger partial charge in [0.15, 0.2) is 0 Å². The fraction of sp³-hybridized carbons (Fsp3) is 0.833. The molecule has 0 aromatic rings. The highest BCUT2D eigenvalue weighted by molar-refractivity contribution is 5.18. The SMILES string of the molecule is CN1CCC(O)(C#CC(C)(C)C)CC1. The molecule has 2 nitrogen and oxygen atoms in total. The molecule has 1 saturated heterocycles. The Morgan fingerprint density at radius 1 is 1.21 bits per heavy atom. The van der Waals surface area contributed by atoms with Gasteiger partial charge in [-0.25, -0.2) is 0 Å². The zero-order chi connectivity index (χ0) is 10.8. The molecule has 0 radical (unpaired) electrons. The second kappa shape index (κ2) is 3.92. The summed E-state index contributed by atoms with van der Waals surface area (Å²) < 4.78 is 0. The Labute approximate surface area is 87.3 Å². The molecule has 0 atom stereocenters. The molecule has 0 amide bonds. The van der Waals surface area contributed by atoms with Crippen molar-refractivity contribution < 1.29 is 5.11 Å². The lowest BCUT2D eigenvalue weighted by Crippen LogP contribution is -2.41. The van der Waals surface area contributed by atoms with Gasteiger partial charge in [0.1, 0.15) is 5.60 Å². The molecule has 80 valence electrons. The van der Waals surface area contributed by atoms with Crippen LogP contribution in [0.2, 0.25) is 0 Å². The molecule has 0 aromatic heterocycles. The van der Waals surface area contributed by atoms with Crippen LogP contribution in [0, 0.1) is 17.3 Å². The van der Waals surface area contributed by atoms with Gasteiger partial charge in [0.25, 0.3) is 0 Å². The van der Waals surface area contributed by atoms with Crippen LogP contribution in [-0.4, -0.2) is 35.7 Å². The Hall–Kier alpha value is -0.520. The number of hydrogen-bond donors (Lipinski definition) is 1.